The molecule has 3 atom stereocenters. The molecule has 10 nitrogen and oxygen atoms in total. The lowest BCUT2D eigenvalue weighted by Gasteiger charge is -2.40. The Morgan fingerprint density at radius 2 is 1.78 bits per heavy atom. The van der Waals surface area contributed by atoms with Crippen LogP contribution in [-0.2, 0) is 24.1 Å². The number of carbonyl (C=O) groups excluding carboxylic acids is 4. The van der Waals surface area contributed by atoms with Crippen LogP contribution in [0.2, 0.25) is 0 Å². The first-order valence-corrected chi connectivity index (χ1v) is 11.7. The Labute approximate surface area is 208 Å². The number of ether oxygens (including phenoxy) is 1. The van der Waals surface area contributed by atoms with E-state index in [9.17, 15) is 32.3 Å². The summed E-state index contributed by atoms with van der Waals surface area (Å²) in [5, 5.41) is 3.11. The number of fused-ring (bicyclic) bond motifs is 3. The quantitative estimate of drug-likeness (QED) is 0.469. The van der Waals surface area contributed by atoms with Gasteiger partial charge in [-0.05, 0) is 25.3 Å². The standard InChI is InChI=1S/C24H22F3N3O7/c25-24(26,27)23(34)36-17-9-8-15-18(21(32)14-6-2-1-5-13(14)20(15)31)19(17)28-30-11-4-12-35-37-22(33)16-7-3-10-29(16)30/h1-2,5-6,8-9,15-16,18,28H,3-4,7,10-12H2/t15?,16-,18?/m0/s1. The predicted molar refractivity (Wildman–Crippen MR) is 117 cm³/mol. The van der Waals surface area contributed by atoms with Crippen LogP contribution in [0.5, 0.6) is 0 Å². The van der Waals surface area contributed by atoms with E-state index in [1.54, 1.807) is 17.1 Å². The van der Waals surface area contributed by atoms with Crippen LogP contribution in [0.1, 0.15) is 40.0 Å². The van der Waals surface area contributed by atoms with Crippen molar-refractivity contribution in [3.63, 3.8) is 0 Å². The molecular weight excluding hydrogens is 499 g/mol. The molecule has 13 heteroatoms. The van der Waals surface area contributed by atoms with E-state index in [1.807, 2.05) is 0 Å². The molecule has 2 aliphatic carbocycles. The number of rotatable bonds is 3. The number of alkyl halides is 3. The number of hydrogen-bond acceptors (Lipinski definition) is 10. The highest BCUT2D eigenvalue weighted by Gasteiger charge is 2.48. The van der Waals surface area contributed by atoms with Crippen molar-refractivity contribution in [1.29, 1.82) is 0 Å². The third-order valence-corrected chi connectivity index (χ3v) is 6.66. The highest BCUT2D eigenvalue weighted by molar-refractivity contribution is 6.17. The third kappa shape index (κ3) is 4.65. The van der Waals surface area contributed by atoms with Crippen LogP contribution in [-0.4, -0.2) is 65.5 Å². The predicted octanol–water partition coefficient (Wildman–Crippen LogP) is 2.25. The lowest BCUT2D eigenvalue weighted by atomic mass is 9.70. The summed E-state index contributed by atoms with van der Waals surface area (Å²) in [6, 6.07) is 5.42. The molecule has 2 fully saturated rings. The van der Waals surface area contributed by atoms with Crippen molar-refractivity contribution >= 4 is 23.5 Å². The van der Waals surface area contributed by atoms with Gasteiger partial charge in [0.2, 0.25) is 0 Å². The van der Waals surface area contributed by atoms with E-state index in [2.05, 4.69) is 10.2 Å². The maximum absolute atomic E-state index is 13.6. The molecule has 37 heavy (non-hydrogen) atoms. The molecule has 0 radical (unpaired) electrons. The van der Waals surface area contributed by atoms with Gasteiger partial charge in [0.25, 0.3) is 0 Å². The van der Waals surface area contributed by atoms with Gasteiger partial charge in [0.1, 0.15) is 6.04 Å². The first-order valence-electron chi connectivity index (χ1n) is 11.7. The van der Waals surface area contributed by atoms with E-state index in [-0.39, 0.29) is 30.0 Å². The van der Waals surface area contributed by atoms with Crippen molar-refractivity contribution in [2.45, 2.75) is 31.5 Å². The van der Waals surface area contributed by atoms with Crippen molar-refractivity contribution in [3.8, 4) is 0 Å². The molecule has 0 bridgehead atoms. The van der Waals surface area contributed by atoms with Gasteiger partial charge in [0.05, 0.1) is 24.1 Å². The zero-order chi connectivity index (χ0) is 26.3. The highest BCUT2D eigenvalue weighted by atomic mass is 19.4. The number of carbonyl (C=O) groups is 4. The molecule has 2 aliphatic heterocycles. The number of ketones is 2. The number of esters is 1. The summed E-state index contributed by atoms with van der Waals surface area (Å²) < 4.78 is 43.9. The average molecular weight is 521 g/mol. The largest absolute Gasteiger partial charge is 0.491 e. The van der Waals surface area contributed by atoms with E-state index in [4.69, 9.17) is 9.78 Å². The average Bonchev–Trinajstić information content (AvgIpc) is 3.37. The molecule has 2 saturated heterocycles. The first kappa shape index (κ1) is 25.1. The van der Waals surface area contributed by atoms with Gasteiger partial charge >= 0.3 is 18.1 Å². The van der Waals surface area contributed by atoms with Crippen molar-refractivity contribution in [1.82, 2.24) is 15.6 Å². The van der Waals surface area contributed by atoms with Crippen LogP contribution < -0.4 is 5.43 Å². The van der Waals surface area contributed by atoms with Gasteiger partial charge in [-0.3, -0.25) is 14.5 Å². The van der Waals surface area contributed by atoms with E-state index < -0.39 is 53.3 Å². The van der Waals surface area contributed by atoms with Gasteiger partial charge in [0, 0.05) is 24.2 Å². The summed E-state index contributed by atoms with van der Waals surface area (Å²) in [6.45, 7) is 0.657. The molecule has 0 aromatic heterocycles. The van der Waals surface area contributed by atoms with Crippen LogP contribution in [0.3, 0.4) is 0 Å². The van der Waals surface area contributed by atoms with Crippen molar-refractivity contribution in [3.05, 3.63) is 59.0 Å². The number of benzene rings is 1. The number of nitrogens with one attached hydrogen (secondary N) is 1. The zero-order valence-electron chi connectivity index (χ0n) is 19.3. The Balaban J connectivity index is 1.57. The molecule has 2 heterocycles. The van der Waals surface area contributed by atoms with Gasteiger partial charge in [0.15, 0.2) is 17.3 Å². The fourth-order valence-corrected chi connectivity index (χ4v) is 4.99. The minimum absolute atomic E-state index is 0.0518. The molecule has 1 aromatic rings. The minimum Gasteiger partial charge on any atom is -0.418 e. The number of halogens is 3. The molecule has 4 aliphatic rings. The van der Waals surface area contributed by atoms with Crippen molar-refractivity contribution < 1.29 is 46.9 Å². The molecule has 5 rings (SSSR count). The Morgan fingerprint density at radius 3 is 2.51 bits per heavy atom. The second-order valence-corrected chi connectivity index (χ2v) is 8.94. The van der Waals surface area contributed by atoms with Crippen LogP contribution >= 0.6 is 0 Å². The van der Waals surface area contributed by atoms with Gasteiger partial charge in [-0.15, -0.1) is 0 Å². The highest BCUT2D eigenvalue weighted by Crippen LogP contribution is 2.40. The lowest BCUT2D eigenvalue weighted by molar-refractivity contribution is -0.274. The maximum Gasteiger partial charge on any atom is 0.491 e. The molecule has 2 unspecified atom stereocenters. The van der Waals surface area contributed by atoms with Gasteiger partial charge < -0.3 is 10.2 Å². The SMILES string of the molecule is O=C1c2ccccc2C(=O)C2C(NN3CCCOOC(=O)[C@@H]4CCCN43)=C(OC(=O)C(F)(F)F)C=CC12. The summed E-state index contributed by atoms with van der Waals surface area (Å²) in [4.78, 5) is 60.8. The summed E-state index contributed by atoms with van der Waals surface area (Å²) in [5.74, 6) is -6.86. The van der Waals surface area contributed by atoms with Crippen LogP contribution in [0.25, 0.3) is 0 Å². The normalized spacial score (nSPS) is 26.9. The third-order valence-electron chi connectivity index (χ3n) is 6.66. The van der Waals surface area contributed by atoms with Crippen LogP contribution in [0, 0.1) is 11.8 Å². The molecule has 0 spiro atoms. The van der Waals surface area contributed by atoms with E-state index in [1.165, 1.54) is 23.3 Å². The van der Waals surface area contributed by atoms with Gasteiger partial charge in [-0.1, -0.05) is 30.3 Å². The summed E-state index contributed by atoms with van der Waals surface area (Å²) in [6.07, 6.45) is -1.54. The summed E-state index contributed by atoms with van der Waals surface area (Å²) >= 11 is 0. The Kier molecular flexibility index (Phi) is 6.60. The number of nitrogens with zero attached hydrogens (tertiary/aromatic N) is 2. The summed E-state index contributed by atoms with van der Waals surface area (Å²) in [5.41, 5.74) is 3.08. The van der Waals surface area contributed by atoms with Crippen molar-refractivity contribution in [2.24, 2.45) is 11.8 Å². The second kappa shape index (κ2) is 9.72. The van der Waals surface area contributed by atoms with Crippen LogP contribution in [0.4, 0.5) is 13.2 Å². The number of Topliss-reactive ketones (excluding diaryl/α,β-unsaturated/α-hetero) is 2. The molecule has 0 amide bonds. The second-order valence-electron chi connectivity index (χ2n) is 8.94. The number of allylic oxidation sites excluding steroid dienone is 3. The van der Waals surface area contributed by atoms with E-state index >= 15 is 0 Å². The molecule has 1 N–H and O–H groups in total. The molecule has 1 aromatic carbocycles. The minimum atomic E-state index is -5.29. The Bertz CT molecular complexity index is 1210. The van der Waals surface area contributed by atoms with E-state index in [0.717, 1.165) is 6.08 Å². The topological polar surface area (TPSA) is 114 Å². The Hall–Kier alpha value is -3.55. The van der Waals surface area contributed by atoms with Gasteiger partial charge in [-0.25, -0.2) is 14.6 Å². The number of hydrazine groups is 2. The molecule has 196 valence electrons. The van der Waals surface area contributed by atoms with Crippen LogP contribution in [0.15, 0.2) is 47.9 Å². The molecular formula is C24H22F3N3O7. The van der Waals surface area contributed by atoms with Crippen molar-refractivity contribution in [2.75, 3.05) is 19.7 Å². The Morgan fingerprint density at radius 1 is 1.05 bits per heavy atom. The van der Waals surface area contributed by atoms with Gasteiger partial charge in [-0.2, -0.15) is 23.2 Å². The first-order chi connectivity index (χ1) is 17.7. The molecule has 0 saturated carbocycles. The van der Waals surface area contributed by atoms with E-state index in [0.29, 0.717) is 25.8 Å². The monoisotopic (exact) mass is 521 g/mol. The fraction of sp³-hybridized carbons (Fsp3) is 0.417. The fourth-order valence-electron chi connectivity index (χ4n) is 4.99. The summed E-state index contributed by atoms with van der Waals surface area (Å²) in [7, 11) is 0. The lowest BCUT2D eigenvalue weighted by Crippen LogP contribution is -2.57. The smallest absolute Gasteiger partial charge is 0.418 e. The zero-order valence-corrected chi connectivity index (χ0v) is 19.3. The maximum atomic E-state index is 13.6. The number of hydrogen-bond donors (Lipinski definition) is 1.